The first-order valence-corrected chi connectivity index (χ1v) is 9.82. The summed E-state index contributed by atoms with van der Waals surface area (Å²) in [5.41, 5.74) is 8.59. The third-order valence-corrected chi connectivity index (χ3v) is 8.63. The zero-order chi connectivity index (χ0) is 16.4. The zero-order valence-electron chi connectivity index (χ0n) is 15.1. The van der Waals surface area contributed by atoms with Crippen LogP contribution in [0.2, 0.25) is 0 Å². The van der Waals surface area contributed by atoms with Crippen LogP contribution < -0.4 is 5.73 Å². The lowest BCUT2D eigenvalue weighted by Crippen LogP contribution is -2.51. The van der Waals surface area contributed by atoms with Crippen molar-refractivity contribution < 1.29 is 4.79 Å². The van der Waals surface area contributed by atoms with Gasteiger partial charge in [-0.1, -0.05) is 25.5 Å². The van der Waals surface area contributed by atoms with E-state index in [1.165, 1.54) is 38.5 Å². The smallest absolute Gasteiger partial charge is 0.133 e. The summed E-state index contributed by atoms with van der Waals surface area (Å²) in [6.45, 7) is 6.79. The number of hydrogen-bond donors (Lipinski definition) is 1. The summed E-state index contributed by atoms with van der Waals surface area (Å²) in [6, 6.07) is 0.383. The van der Waals surface area contributed by atoms with Gasteiger partial charge in [-0.15, -0.1) is 0 Å². The van der Waals surface area contributed by atoms with Crippen molar-refractivity contribution in [2.24, 2.45) is 40.2 Å². The molecular weight excluding hydrogens is 282 g/mol. The molecule has 0 amide bonds. The molecule has 4 aliphatic carbocycles. The number of Topliss-reactive ketones (excluding diaryl/α,β-unsaturated/α-hetero) is 1. The summed E-state index contributed by atoms with van der Waals surface area (Å²) >= 11 is 0. The van der Waals surface area contributed by atoms with Crippen molar-refractivity contribution in [3.8, 4) is 0 Å². The Morgan fingerprint density at radius 1 is 1.13 bits per heavy atom. The molecule has 2 nitrogen and oxygen atoms in total. The van der Waals surface area contributed by atoms with Crippen molar-refractivity contribution in [3.05, 3.63) is 11.6 Å². The molecule has 0 radical (unpaired) electrons. The van der Waals surface area contributed by atoms with Gasteiger partial charge in [-0.25, -0.2) is 0 Å². The zero-order valence-corrected chi connectivity index (χ0v) is 15.1. The molecule has 3 fully saturated rings. The number of fused-ring (bicyclic) bond motifs is 5. The molecule has 0 saturated heterocycles. The van der Waals surface area contributed by atoms with Gasteiger partial charge in [-0.2, -0.15) is 0 Å². The predicted molar refractivity (Wildman–Crippen MR) is 93.8 cm³/mol. The minimum absolute atomic E-state index is 0.278. The Hall–Kier alpha value is -0.630. The van der Waals surface area contributed by atoms with Crippen molar-refractivity contribution in [1.82, 2.24) is 0 Å². The summed E-state index contributed by atoms with van der Waals surface area (Å²) in [5.74, 6) is 3.17. The highest BCUT2D eigenvalue weighted by Gasteiger charge is 2.59. The van der Waals surface area contributed by atoms with Crippen LogP contribution in [-0.4, -0.2) is 11.8 Å². The van der Waals surface area contributed by atoms with E-state index in [9.17, 15) is 4.79 Å². The third kappa shape index (κ3) is 2.13. The monoisotopic (exact) mass is 315 g/mol. The topological polar surface area (TPSA) is 43.1 Å². The van der Waals surface area contributed by atoms with Gasteiger partial charge in [0.1, 0.15) is 5.78 Å². The molecule has 0 bridgehead atoms. The lowest BCUT2D eigenvalue weighted by atomic mass is 9.47. The molecule has 0 aromatic rings. The molecule has 0 heterocycles. The summed E-state index contributed by atoms with van der Waals surface area (Å²) in [5, 5.41) is 0. The van der Waals surface area contributed by atoms with Crippen LogP contribution in [0.15, 0.2) is 11.6 Å². The SMILES string of the molecule is CC(=O)[C@@H]1CC[C@@H]2[C@@H]3CC=C4C[C@@H](N)CC[C@]4(C)[C@H]3CC[C@@]21C. The number of allylic oxidation sites excluding steroid dienone is 1. The van der Waals surface area contributed by atoms with E-state index in [1.54, 1.807) is 5.57 Å². The molecule has 3 saturated carbocycles. The molecule has 0 aromatic heterocycles. The van der Waals surface area contributed by atoms with Gasteiger partial charge in [0.25, 0.3) is 0 Å². The van der Waals surface area contributed by atoms with E-state index < -0.39 is 0 Å². The van der Waals surface area contributed by atoms with Gasteiger partial charge in [0.05, 0.1) is 0 Å². The minimum atomic E-state index is 0.278. The quantitative estimate of drug-likeness (QED) is 0.725. The molecule has 2 N–H and O–H groups in total. The fourth-order valence-electron chi connectivity index (χ4n) is 7.36. The van der Waals surface area contributed by atoms with Gasteiger partial charge in [0.2, 0.25) is 0 Å². The van der Waals surface area contributed by atoms with Crippen LogP contribution in [0.5, 0.6) is 0 Å². The maximum Gasteiger partial charge on any atom is 0.133 e. The van der Waals surface area contributed by atoms with E-state index in [1.807, 2.05) is 6.92 Å². The number of carbonyl (C=O) groups is 1. The van der Waals surface area contributed by atoms with Crippen LogP contribution in [0.25, 0.3) is 0 Å². The molecule has 0 aliphatic heterocycles. The van der Waals surface area contributed by atoms with Crippen LogP contribution in [0.1, 0.15) is 72.1 Å². The van der Waals surface area contributed by atoms with Crippen LogP contribution in [0, 0.1) is 34.5 Å². The van der Waals surface area contributed by atoms with Crippen molar-refractivity contribution in [2.75, 3.05) is 0 Å². The standard InChI is InChI=1S/C21H33NO/c1-13(23)17-6-7-18-16-5-4-14-12-15(22)8-10-20(14,2)19(16)9-11-21(17,18)3/h4,15-19H,5-12,22H2,1-3H3/t15-,16-,17-,18+,19-,20-,21+/m0/s1. The van der Waals surface area contributed by atoms with E-state index in [2.05, 4.69) is 19.9 Å². The Morgan fingerprint density at radius 2 is 1.91 bits per heavy atom. The molecular formula is C21H33NO. The Bertz CT molecular complexity index is 552. The molecule has 0 unspecified atom stereocenters. The average Bonchev–Trinajstić information content (AvgIpc) is 2.85. The first-order chi connectivity index (χ1) is 10.9. The van der Waals surface area contributed by atoms with E-state index in [4.69, 9.17) is 5.73 Å². The lowest BCUT2D eigenvalue weighted by molar-refractivity contribution is -0.127. The molecule has 0 aromatic carbocycles. The van der Waals surface area contributed by atoms with Crippen LogP contribution >= 0.6 is 0 Å². The summed E-state index contributed by atoms with van der Waals surface area (Å²) in [6.07, 6.45) is 12.4. The highest BCUT2D eigenvalue weighted by atomic mass is 16.1. The Kier molecular flexibility index (Phi) is 3.58. The summed E-state index contributed by atoms with van der Waals surface area (Å²) in [7, 11) is 0. The van der Waals surface area contributed by atoms with E-state index in [0.717, 1.165) is 30.6 Å². The lowest BCUT2D eigenvalue weighted by Gasteiger charge is -2.58. The van der Waals surface area contributed by atoms with E-state index >= 15 is 0 Å². The van der Waals surface area contributed by atoms with Crippen LogP contribution in [0.3, 0.4) is 0 Å². The number of nitrogens with two attached hydrogens (primary N) is 1. The molecule has 0 spiro atoms. The van der Waals surface area contributed by atoms with Crippen molar-refractivity contribution in [3.63, 3.8) is 0 Å². The first kappa shape index (κ1) is 15.9. The number of carbonyl (C=O) groups excluding carboxylic acids is 1. The molecule has 2 heteroatoms. The second-order valence-electron chi connectivity index (χ2n) is 9.55. The Labute approximate surface area is 141 Å². The highest BCUT2D eigenvalue weighted by Crippen LogP contribution is 2.66. The van der Waals surface area contributed by atoms with Crippen molar-refractivity contribution in [2.45, 2.75) is 78.2 Å². The Morgan fingerprint density at radius 3 is 2.65 bits per heavy atom. The van der Waals surface area contributed by atoms with Crippen molar-refractivity contribution in [1.29, 1.82) is 0 Å². The molecule has 4 rings (SSSR count). The van der Waals surface area contributed by atoms with Crippen molar-refractivity contribution >= 4 is 5.78 Å². The highest BCUT2D eigenvalue weighted by molar-refractivity contribution is 5.79. The van der Waals surface area contributed by atoms with Gasteiger partial charge in [0.15, 0.2) is 0 Å². The average molecular weight is 316 g/mol. The first-order valence-electron chi connectivity index (χ1n) is 9.82. The van der Waals surface area contributed by atoms with Crippen LogP contribution in [-0.2, 0) is 4.79 Å². The van der Waals surface area contributed by atoms with Gasteiger partial charge in [0, 0.05) is 12.0 Å². The number of hydrogen-bond acceptors (Lipinski definition) is 2. The van der Waals surface area contributed by atoms with Gasteiger partial charge < -0.3 is 5.73 Å². The van der Waals surface area contributed by atoms with Gasteiger partial charge in [-0.05, 0) is 86.9 Å². The Balaban J connectivity index is 1.66. The third-order valence-electron chi connectivity index (χ3n) is 8.63. The maximum absolute atomic E-state index is 12.2. The molecule has 128 valence electrons. The summed E-state index contributed by atoms with van der Waals surface area (Å²) < 4.78 is 0. The minimum Gasteiger partial charge on any atom is -0.327 e. The fourth-order valence-corrected chi connectivity index (χ4v) is 7.36. The number of rotatable bonds is 1. The van der Waals surface area contributed by atoms with Gasteiger partial charge in [-0.3, -0.25) is 4.79 Å². The van der Waals surface area contributed by atoms with Crippen LogP contribution in [0.4, 0.5) is 0 Å². The normalized spacial score (nSPS) is 52.2. The summed E-state index contributed by atoms with van der Waals surface area (Å²) in [4.78, 5) is 12.2. The second kappa shape index (κ2) is 5.18. The molecule has 4 aliphatic rings. The molecule has 7 atom stereocenters. The van der Waals surface area contributed by atoms with E-state index in [-0.39, 0.29) is 5.41 Å². The van der Waals surface area contributed by atoms with Gasteiger partial charge >= 0.3 is 0 Å². The van der Waals surface area contributed by atoms with E-state index in [0.29, 0.717) is 23.2 Å². The fraction of sp³-hybridized carbons (Fsp3) is 0.857. The predicted octanol–water partition coefficient (Wildman–Crippen LogP) is 4.48. The second-order valence-corrected chi connectivity index (χ2v) is 9.55. The largest absolute Gasteiger partial charge is 0.327 e. The maximum atomic E-state index is 12.2. The number of ketones is 1. The molecule has 23 heavy (non-hydrogen) atoms.